The quantitative estimate of drug-likeness (QED) is 0.0307. The average molecular weight is 1180 g/mol. The summed E-state index contributed by atoms with van der Waals surface area (Å²) in [6, 6.07) is -2.61. The van der Waals surface area contributed by atoms with E-state index in [1.165, 1.54) is 116 Å². The molecule has 82 heavy (non-hydrogen) atoms. The minimum absolute atomic E-state index is 0.203. The Labute approximate surface area is 486 Å². The SMILES string of the molecule is CCCCCCCCCCCCCCCCCC/C=C/C(O)C(COC1OC(CO)C(OC2OC(CO)C(O)C(OC3(C(=O)O)CC(O)C(NC(C)=O)C(C(O)C(O)CO)O3)C2O)C(O)C1O)NC(=O)CCCCCCCCCCCC. The first-order valence-electron chi connectivity index (χ1n) is 31.1. The summed E-state index contributed by atoms with van der Waals surface area (Å²) in [5.74, 6) is -6.14. The van der Waals surface area contributed by atoms with Crippen molar-refractivity contribution in [2.75, 3.05) is 26.4 Å². The van der Waals surface area contributed by atoms with Crippen LogP contribution in [0.5, 0.6) is 0 Å². The number of aliphatic hydroxyl groups is 11. The fourth-order valence-electron chi connectivity index (χ4n) is 10.9. The van der Waals surface area contributed by atoms with Crippen molar-refractivity contribution in [3.8, 4) is 0 Å². The van der Waals surface area contributed by atoms with Gasteiger partial charge in [-0.2, -0.15) is 0 Å². The molecular formula is C59H108N2O21. The van der Waals surface area contributed by atoms with Gasteiger partial charge in [-0.1, -0.05) is 180 Å². The Morgan fingerprint density at radius 1 is 0.634 bits per heavy atom. The molecule has 18 atom stereocenters. The van der Waals surface area contributed by atoms with Crippen LogP contribution in [0.3, 0.4) is 0 Å². The molecule has 0 spiro atoms. The Kier molecular flexibility index (Phi) is 37.4. The molecule has 23 heteroatoms. The zero-order chi connectivity index (χ0) is 60.5. The maximum atomic E-state index is 13.3. The number of rotatable bonds is 45. The van der Waals surface area contributed by atoms with Gasteiger partial charge in [-0.05, 0) is 19.3 Å². The van der Waals surface area contributed by atoms with Crippen LogP contribution < -0.4 is 10.6 Å². The molecule has 0 aromatic heterocycles. The molecule has 2 amide bonds. The number of aliphatic carboxylic acids is 1. The summed E-state index contributed by atoms with van der Waals surface area (Å²) in [5.41, 5.74) is 0. The lowest BCUT2D eigenvalue weighted by molar-refractivity contribution is -0.386. The van der Waals surface area contributed by atoms with Crippen molar-refractivity contribution in [3.05, 3.63) is 12.2 Å². The van der Waals surface area contributed by atoms with E-state index in [1.54, 1.807) is 6.08 Å². The van der Waals surface area contributed by atoms with Gasteiger partial charge < -0.3 is 100 Å². The molecule has 480 valence electrons. The number of ether oxygens (including phenoxy) is 6. The van der Waals surface area contributed by atoms with Gasteiger partial charge in [0.15, 0.2) is 12.6 Å². The summed E-state index contributed by atoms with van der Waals surface area (Å²) in [6.07, 6.45) is 5.73. The first-order chi connectivity index (χ1) is 39.4. The van der Waals surface area contributed by atoms with Gasteiger partial charge in [0.25, 0.3) is 5.79 Å². The second-order valence-corrected chi connectivity index (χ2v) is 22.9. The number of aliphatic hydroxyl groups excluding tert-OH is 11. The molecule has 0 aromatic rings. The van der Waals surface area contributed by atoms with Crippen molar-refractivity contribution >= 4 is 17.8 Å². The number of carbonyl (C=O) groups is 3. The minimum atomic E-state index is -3.08. The first kappa shape index (κ1) is 73.7. The van der Waals surface area contributed by atoms with Crippen LogP contribution in [0.4, 0.5) is 0 Å². The molecule has 3 aliphatic rings. The number of carbonyl (C=O) groups excluding carboxylic acids is 2. The van der Waals surface area contributed by atoms with Crippen molar-refractivity contribution in [3.63, 3.8) is 0 Å². The molecule has 3 fully saturated rings. The van der Waals surface area contributed by atoms with Crippen LogP contribution in [0.1, 0.15) is 207 Å². The Bertz CT molecular complexity index is 1740. The molecule has 14 N–H and O–H groups in total. The maximum Gasteiger partial charge on any atom is 0.364 e. The van der Waals surface area contributed by atoms with Crippen molar-refractivity contribution in [1.82, 2.24) is 10.6 Å². The highest BCUT2D eigenvalue weighted by molar-refractivity contribution is 5.77. The van der Waals surface area contributed by atoms with Crippen molar-refractivity contribution in [1.29, 1.82) is 0 Å². The number of unbranched alkanes of at least 4 members (excludes halogenated alkanes) is 25. The molecular weight excluding hydrogens is 1070 g/mol. The third kappa shape index (κ3) is 25.4. The number of hydrogen-bond acceptors (Lipinski definition) is 20. The van der Waals surface area contributed by atoms with Gasteiger partial charge in [0.1, 0.15) is 67.1 Å². The fraction of sp³-hybridized carbons (Fsp3) is 0.915. The number of nitrogens with one attached hydrogen (secondary N) is 2. The van der Waals surface area contributed by atoms with Gasteiger partial charge in [-0.15, -0.1) is 0 Å². The van der Waals surface area contributed by atoms with Gasteiger partial charge in [-0.3, -0.25) is 9.59 Å². The van der Waals surface area contributed by atoms with E-state index in [0.29, 0.717) is 12.8 Å². The third-order valence-electron chi connectivity index (χ3n) is 16.0. The topological polar surface area (TPSA) is 373 Å². The van der Waals surface area contributed by atoms with Gasteiger partial charge in [-0.25, -0.2) is 4.79 Å². The predicted molar refractivity (Wildman–Crippen MR) is 301 cm³/mol. The Hall–Kier alpha value is -2.53. The lowest BCUT2D eigenvalue weighted by Gasteiger charge is -2.50. The number of hydrogen-bond donors (Lipinski definition) is 14. The number of allylic oxidation sites excluding steroid dienone is 1. The first-order valence-corrected chi connectivity index (χ1v) is 31.1. The van der Waals surface area contributed by atoms with Crippen LogP contribution in [0, 0.1) is 0 Å². The van der Waals surface area contributed by atoms with Crippen LogP contribution in [0.25, 0.3) is 0 Å². The second-order valence-electron chi connectivity index (χ2n) is 22.9. The third-order valence-corrected chi connectivity index (χ3v) is 16.0. The van der Waals surface area contributed by atoms with Crippen LogP contribution in [-0.4, -0.2) is 215 Å². The normalized spacial score (nSPS) is 30.2. The summed E-state index contributed by atoms with van der Waals surface area (Å²) in [7, 11) is 0. The molecule has 0 aromatic carbocycles. The van der Waals surface area contributed by atoms with Crippen molar-refractivity contribution < 1.29 is 104 Å². The minimum Gasteiger partial charge on any atom is -0.477 e. The molecule has 3 heterocycles. The standard InChI is InChI=1S/C59H108N2O21/c1-4-6-8-10-12-14-16-17-18-19-20-21-22-23-24-26-28-30-32-41(66)40(61-46(69)33-31-29-27-25-15-13-11-9-7-5-2)38-77-56-51(73)50(72)53(45(37-64)79-56)80-57-52(74)55(49(71)44(36-63)78-57)82-59(58(75)76)34-42(67)47(60-39(3)65)54(81-59)48(70)43(68)35-62/h30,32,40-45,47-57,62-64,66-68,70-74H,4-29,31,33-38H2,1-3H3,(H,60,65)(H,61,69)(H,75,76)/b32-30+. The van der Waals surface area contributed by atoms with E-state index < -0.39 is 155 Å². The molecule has 3 aliphatic heterocycles. The molecule has 0 bridgehead atoms. The molecule has 18 unspecified atom stereocenters. The average Bonchev–Trinajstić information content (AvgIpc) is 3.45. The van der Waals surface area contributed by atoms with Gasteiger partial charge >= 0.3 is 5.97 Å². The van der Waals surface area contributed by atoms with Crippen LogP contribution in [-0.2, 0) is 42.8 Å². The zero-order valence-electron chi connectivity index (χ0n) is 49.3. The lowest BCUT2D eigenvalue weighted by Crippen LogP contribution is -2.70. The largest absolute Gasteiger partial charge is 0.477 e. The Morgan fingerprint density at radius 3 is 1.62 bits per heavy atom. The molecule has 3 saturated heterocycles. The molecule has 3 rings (SSSR count). The van der Waals surface area contributed by atoms with E-state index in [-0.39, 0.29) is 12.3 Å². The lowest BCUT2D eigenvalue weighted by atomic mass is 9.88. The highest BCUT2D eigenvalue weighted by Crippen LogP contribution is 2.38. The van der Waals surface area contributed by atoms with Crippen molar-refractivity contribution in [2.45, 2.75) is 317 Å². The monoisotopic (exact) mass is 1180 g/mol. The Balaban J connectivity index is 1.65. The van der Waals surface area contributed by atoms with Crippen molar-refractivity contribution in [2.24, 2.45) is 0 Å². The summed E-state index contributed by atoms with van der Waals surface area (Å²) >= 11 is 0. The smallest absolute Gasteiger partial charge is 0.364 e. The van der Waals surface area contributed by atoms with Gasteiger partial charge in [0, 0.05) is 19.8 Å². The second kappa shape index (κ2) is 41.5. The molecule has 0 saturated carbocycles. The summed E-state index contributed by atoms with van der Waals surface area (Å²) in [5, 5.41) is 135. The predicted octanol–water partition coefficient (Wildman–Crippen LogP) is 3.17. The van der Waals surface area contributed by atoms with Crippen LogP contribution in [0.2, 0.25) is 0 Å². The van der Waals surface area contributed by atoms with E-state index in [1.807, 2.05) is 6.08 Å². The van der Waals surface area contributed by atoms with E-state index in [0.717, 1.165) is 51.9 Å². The molecule has 23 nitrogen and oxygen atoms in total. The van der Waals surface area contributed by atoms with Crippen LogP contribution in [0.15, 0.2) is 12.2 Å². The van der Waals surface area contributed by atoms with E-state index in [4.69, 9.17) is 28.4 Å². The van der Waals surface area contributed by atoms with E-state index >= 15 is 0 Å². The van der Waals surface area contributed by atoms with E-state index in [2.05, 4.69) is 24.5 Å². The highest BCUT2D eigenvalue weighted by Gasteiger charge is 2.60. The van der Waals surface area contributed by atoms with E-state index in [9.17, 15) is 75.7 Å². The maximum absolute atomic E-state index is 13.3. The number of amides is 2. The molecule has 0 aliphatic carbocycles. The zero-order valence-corrected chi connectivity index (χ0v) is 49.3. The Morgan fingerprint density at radius 2 is 1.13 bits per heavy atom. The summed E-state index contributed by atoms with van der Waals surface area (Å²) < 4.78 is 34.7. The molecule has 0 radical (unpaired) electrons. The number of carboxylic acids is 1. The fourth-order valence-corrected chi connectivity index (χ4v) is 10.9. The summed E-state index contributed by atoms with van der Waals surface area (Å²) in [6.45, 7) is 2.09. The van der Waals surface area contributed by atoms with Crippen LogP contribution >= 0.6 is 0 Å². The van der Waals surface area contributed by atoms with Gasteiger partial charge in [0.05, 0.1) is 50.7 Å². The summed E-state index contributed by atoms with van der Waals surface area (Å²) in [4.78, 5) is 38.3. The highest BCUT2D eigenvalue weighted by atomic mass is 16.8. The number of carboxylic acid groups (broad SMARTS) is 1. The van der Waals surface area contributed by atoms with Gasteiger partial charge in [0.2, 0.25) is 11.8 Å².